The summed E-state index contributed by atoms with van der Waals surface area (Å²) in [7, 11) is 2.04. The van der Waals surface area contributed by atoms with E-state index >= 15 is 0 Å². The Labute approximate surface area is 134 Å². The van der Waals surface area contributed by atoms with E-state index < -0.39 is 0 Å². The van der Waals surface area contributed by atoms with Crippen molar-refractivity contribution >= 4 is 22.6 Å². The van der Waals surface area contributed by atoms with Crippen LogP contribution in [0.3, 0.4) is 0 Å². The lowest BCUT2D eigenvalue weighted by atomic mass is 9.79. The lowest BCUT2D eigenvalue weighted by Crippen LogP contribution is -2.18. The molecule has 2 heteroatoms. The average molecular weight is 377 g/mol. The molecule has 1 unspecified atom stereocenters. The van der Waals surface area contributed by atoms with E-state index in [4.69, 9.17) is 0 Å². The molecular formula is C18H20IN. The predicted octanol–water partition coefficient (Wildman–Crippen LogP) is 4.87. The van der Waals surface area contributed by atoms with Gasteiger partial charge in [-0.2, -0.15) is 0 Å². The number of nitrogens with one attached hydrogen (secondary N) is 1. The molecule has 0 heterocycles. The van der Waals surface area contributed by atoms with Crippen LogP contribution in [0.25, 0.3) is 0 Å². The quantitative estimate of drug-likeness (QED) is 0.750. The van der Waals surface area contributed by atoms with E-state index in [1.807, 2.05) is 7.05 Å². The van der Waals surface area contributed by atoms with Gasteiger partial charge in [-0.05, 0) is 77.2 Å². The van der Waals surface area contributed by atoms with E-state index in [1.54, 1.807) is 0 Å². The smallest absolute Gasteiger partial charge is 0.0574 e. The van der Waals surface area contributed by atoms with Crippen LogP contribution in [-0.4, -0.2) is 7.05 Å². The molecule has 0 radical (unpaired) electrons. The van der Waals surface area contributed by atoms with Gasteiger partial charge in [0.25, 0.3) is 0 Å². The van der Waals surface area contributed by atoms with Gasteiger partial charge in [-0.25, -0.2) is 0 Å². The second-order valence-electron chi connectivity index (χ2n) is 5.57. The molecular weight excluding hydrogens is 357 g/mol. The van der Waals surface area contributed by atoms with Gasteiger partial charge in [0.2, 0.25) is 0 Å². The van der Waals surface area contributed by atoms with Crippen molar-refractivity contribution in [2.24, 2.45) is 0 Å². The molecule has 0 bridgehead atoms. The fraction of sp³-hybridized carbons (Fsp3) is 0.333. The molecule has 2 aromatic carbocycles. The van der Waals surface area contributed by atoms with Crippen LogP contribution in [0.2, 0.25) is 0 Å². The predicted molar refractivity (Wildman–Crippen MR) is 93.1 cm³/mol. The standard InChI is InChI=1S/C18H20IN/c1-20-18(16-9-4-10-17(19)12-16)15-8-3-7-14(11-15)13-5-2-6-13/h3-4,7-13,18,20H,2,5-6H2,1H3. The third kappa shape index (κ3) is 2.91. The van der Waals surface area contributed by atoms with Gasteiger partial charge in [0.15, 0.2) is 0 Å². The summed E-state index contributed by atoms with van der Waals surface area (Å²) < 4.78 is 1.29. The Morgan fingerprint density at radius 1 is 1.05 bits per heavy atom. The van der Waals surface area contributed by atoms with Crippen LogP contribution in [0, 0.1) is 3.57 Å². The molecule has 104 valence electrons. The van der Waals surface area contributed by atoms with Crippen molar-refractivity contribution in [1.29, 1.82) is 0 Å². The largest absolute Gasteiger partial charge is 0.309 e. The minimum absolute atomic E-state index is 0.282. The number of hydrogen-bond donors (Lipinski definition) is 1. The van der Waals surface area contributed by atoms with Crippen molar-refractivity contribution in [3.8, 4) is 0 Å². The Morgan fingerprint density at radius 3 is 2.35 bits per heavy atom. The molecule has 0 spiro atoms. The van der Waals surface area contributed by atoms with Gasteiger partial charge in [-0.1, -0.05) is 42.8 Å². The summed E-state index contributed by atoms with van der Waals surface area (Å²) in [6.07, 6.45) is 4.11. The SMILES string of the molecule is CNC(c1cccc(I)c1)c1cccc(C2CCC2)c1. The molecule has 0 amide bonds. The monoisotopic (exact) mass is 377 g/mol. The summed E-state index contributed by atoms with van der Waals surface area (Å²) in [5.41, 5.74) is 4.23. The van der Waals surface area contributed by atoms with Crippen LogP contribution < -0.4 is 5.32 Å². The summed E-state index contributed by atoms with van der Waals surface area (Å²) >= 11 is 2.38. The Morgan fingerprint density at radius 2 is 1.75 bits per heavy atom. The summed E-state index contributed by atoms with van der Waals surface area (Å²) in [5.74, 6) is 0.795. The van der Waals surface area contributed by atoms with Crippen LogP contribution in [0.5, 0.6) is 0 Å². The third-order valence-electron chi connectivity index (χ3n) is 4.29. The topological polar surface area (TPSA) is 12.0 Å². The zero-order chi connectivity index (χ0) is 13.9. The summed E-state index contributed by atoms with van der Waals surface area (Å²) in [6.45, 7) is 0. The first-order valence-electron chi connectivity index (χ1n) is 7.30. The van der Waals surface area contributed by atoms with Gasteiger partial charge in [-0.3, -0.25) is 0 Å². The van der Waals surface area contributed by atoms with Crippen molar-refractivity contribution in [3.05, 3.63) is 68.8 Å². The van der Waals surface area contributed by atoms with Gasteiger partial charge in [0, 0.05) is 3.57 Å². The number of halogens is 1. The Hall–Kier alpha value is -0.870. The first kappa shape index (κ1) is 14.1. The zero-order valence-electron chi connectivity index (χ0n) is 11.8. The molecule has 3 rings (SSSR count). The van der Waals surface area contributed by atoms with Crippen molar-refractivity contribution in [1.82, 2.24) is 5.32 Å². The molecule has 0 aromatic heterocycles. The number of hydrogen-bond acceptors (Lipinski definition) is 1. The van der Waals surface area contributed by atoms with Gasteiger partial charge < -0.3 is 5.32 Å². The van der Waals surface area contributed by atoms with Crippen molar-refractivity contribution < 1.29 is 0 Å². The maximum absolute atomic E-state index is 3.46. The normalized spacial score (nSPS) is 16.7. The second-order valence-corrected chi connectivity index (χ2v) is 6.82. The molecule has 1 nitrogen and oxygen atoms in total. The number of benzene rings is 2. The lowest BCUT2D eigenvalue weighted by molar-refractivity contribution is 0.419. The molecule has 1 saturated carbocycles. The lowest BCUT2D eigenvalue weighted by Gasteiger charge is -2.27. The highest BCUT2D eigenvalue weighted by molar-refractivity contribution is 14.1. The molecule has 2 aromatic rings. The van der Waals surface area contributed by atoms with Crippen LogP contribution in [0.1, 0.15) is 47.9 Å². The second kappa shape index (κ2) is 6.27. The highest BCUT2D eigenvalue weighted by Gasteiger charge is 2.20. The summed E-state index contributed by atoms with van der Waals surface area (Å²) in [5, 5.41) is 3.46. The van der Waals surface area contributed by atoms with Crippen molar-refractivity contribution in [3.63, 3.8) is 0 Å². The molecule has 1 atom stereocenters. The van der Waals surface area contributed by atoms with Crippen LogP contribution in [0.15, 0.2) is 48.5 Å². The number of rotatable bonds is 4. The summed E-state index contributed by atoms with van der Waals surface area (Å²) in [6, 6.07) is 18.2. The molecule has 1 aliphatic rings. The molecule has 20 heavy (non-hydrogen) atoms. The van der Waals surface area contributed by atoms with Gasteiger partial charge >= 0.3 is 0 Å². The van der Waals surface area contributed by atoms with Gasteiger partial charge in [0.05, 0.1) is 6.04 Å². The summed E-state index contributed by atoms with van der Waals surface area (Å²) in [4.78, 5) is 0. The Balaban J connectivity index is 1.92. The average Bonchev–Trinajstić information content (AvgIpc) is 2.38. The molecule has 1 fully saturated rings. The molecule has 1 N–H and O–H groups in total. The Bertz CT molecular complexity index is 589. The van der Waals surface area contributed by atoms with Crippen molar-refractivity contribution in [2.75, 3.05) is 7.05 Å². The highest BCUT2D eigenvalue weighted by atomic mass is 127. The maximum Gasteiger partial charge on any atom is 0.0574 e. The molecule has 0 aliphatic heterocycles. The van der Waals surface area contributed by atoms with E-state index in [-0.39, 0.29) is 6.04 Å². The minimum Gasteiger partial charge on any atom is -0.309 e. The van der Waals surface area contributed by atoms with Crippen molar-refractivity contribution in [2.45, 2.75) is 31.2 Å². The third-order valence-corrected chi connectivity index (χ3v) is 4.96. The maximum atomic E-state index is 3.46. The highest BCUT2D eigenvalue weighted by Crippen LogP contribution is 2.37. The first-order valence-corrected chi connectivity index (χ1v) is 8.38. The Kier molecular flexibility index (Phi) is 4.41. The first-order chi connectivity index (χ1) is 9.78. The van der Waals surface area contributed by atoms with E-state index in [0.29, 0.717) is 0 Å². The van der Waals surface area contributed by atoms with E-state index in [2.05, 4.69) is 76.4 Å². The van der Waals surface area contributed by atoms with E-state index in [0.717, 1.165) is 5.92 Å². The van der Waals surface area contributed by atoms with Crippen LogP contribution in [-0.2, 0) is 0 Å². The fourth-order valence-electron chi connectivity index (χ4n) is 2.95. The fourth-order valence-corrected chi connectivity index (χ4v) is 3.51. The zero-order valence-corrected chi connectivity index (χ0v) is 13.9. The van der Waals surface area contributed by atoms with Crippen LogP contribution in [0.4, 0.5) is 0 Å². The van der Waals surface area contributed by atoms with Crippen LogP contribution >= 0.6 is 22.6 Å². The van der Waals surface area contributed by atoms with Gasteiger partial charge in [-0.15, -0.1) is 0 Å². The van der Waals surface area contributed by atoms with E-state index in [1.165, 1.54) is 39.5 Å². The van der Waals surface area contributed by atoms with E-state index in [9.17, 15) is 0 Å². The molecule has 1 aliphatic carbocycles. The molecule has 0 saturated heterocycles. The van der Waals surface area contributed by atoms with Gasteiger partial charge in [0.1, 0.15) is 0 Å². The minimum atomic E-state index is 0.282.